The maximum atomic E-state index is 11.3. The van der Waals surface area contributed by atoms with Gasteiger partial charge in [-0.3, -0.25) is 16.8 Å². The summed E-state index contributed by atoms with van der Waals surface area (Å²) in [5.74, 6) is 13.7. The van der Waals surface area contributed by atoms with Gasteiger partial charge in [0.1, 0.15) is 15.9 Å². The average molecular weight is 1500 g/mol. The lowest BCUT2D eigenvalue weighted by atomic mass is 10.0. The fraction of sp³-hybridized carbons (Fsp3) is 1.00. The Morgan fingerprint density at radius 3 is 1.27 bits per heavy atom. The highest BCUT2D eigenvalue weighted by Crippen LogP contribution is 2.23. The molecule has 32 heteroatoms. The summed E-state index contributed by atoms with van der Waals surface area (Å²) < 4.78 is 185. The zero-order valence-electron chi connectivity index (χ0n) is 57.1. The smallest absolute Gasteiger partial charge is 0.155 e. The highest BCUT2D eigenvalue weighted by molar-refractivity contribution is 8.00. The fourth-order valence-corrected chi connectivity index (χ4v) is 23.5. The van der Waals surface area contributed by atoms with Crippen LogP contribution in [0, 0.1) is 35.5 Å². The van der Waals surface area contributed by atoms with Crippen LogP contribution in [0.5, 0.6) is 0 Å². The summed E-state index contributed by atoms with van der Waals surface area (Å²) in [4.78, 5) is 0. The van der Waals surface area contributed by atoms with Crippen molar-refractivity contribution >= 4 is 94.3 Å². The van der Waals surface area contributed by atoms with E-state index in [0.29, 0.717) is 114 Å². The monoisotopic (exact) mass is 1500 g/mol. The van der Waals surface area contributed by atoms with Crippen LogP contribution in [0.15, 0.2) is 0 Å². The van der Waals surface area contributed by atoms with E-state index in [2.05, 4.69) is 0 Å². The van der Waals surface area contributed by atoms with Gasteiger partial charge < -0.3 is 52.1 Å². The molecule has 0 aromatic heterocycles. The van der Waals surface area contributed by atoms with Gasteiger partial charge in [-0.05, 0) is 101 Å². The predicted octanol–water partition coefficient (Wildman–Crippen LogP) is 4.50. The van der Waals surface area contributed by atoms with E-state index in [0.717, 1.165) is 150 Å². The largest absolute Gasteiger partial charge is 0.384 e. The molecule has 0 bridgehead atoms. The molecule has 552 valence electrons. The molecule has 0 spiro atoms. The van der Waals surface area contributed by atoms with Crippen molar-refractivity contribution in [2.45, 2.75) is 113 Å². The SMILES string of the molecule is COC1COC1.COC1CSC1.COCC1CCCCS1(=O)=O.COCC1CCCCS1=O.COCC1CCCS(=O)(=O)C1.COCC1CCCS(=O)C1.COCC1CCS(=O)(=O)CC1.COCC1CCS(=O)CC1.COCC1CS(=O)(=O)C1.COCC1CS(=O)C1. The maximum absolute atomic E-state index is 11.3. The number of methoxy groups -OCH3 is 10. The van der Waals surface area contributed by atoms with Gasteiger partial charge in [-0.2, -0.15) is 11.8 Å². The van der Waals surface area contributed by atoms with Crippen LogP contribution in [0.25, 0.3) is 0 Å². The van der Waals surface area contributed by atoms with Crippen molar-refractivity contribution in [1.29, 1.82) is 0 Å². The molecule has 10 aliphatic heterocycles. The lowest BCUT2D eigenvalue weighted by Crippen LogP contribution is -2.38. The molecule has 23 nitrogen and oxygen atoms in total. The minimum absolute atomic E-state index is 0.235. The lowest BCUT2D eigenvalue weighted by Gasteiger charge is -2.24. The lowest BCUT2D eigenvalue weighted by molar-refractivity contribution is -0.113. The van der Waals surface area contributed by atoms with Crippen LogP contribution in [0.3, 0.4) is 0 Å². The summed E-state index contributed by atoms with van der Waals surface area (Å²) in [6, 6.07) is 0. The summed E-state index contributed by atoms with van der Waals surface area (Å²) >= 11 is 1.94. The van der Waals surface area contributed by atoms with E-state index in [1.807, 2.05) is 11.8 Å². The van der Waals surface area contributed by atoms with E-state index in [9.17, 15) is 50.5 Å². The van der Waals surface area contributed by atoms with Crippen molar-refractivity contribution in [3.63, 3.8) is 0 Å². The first-order valence-corrected chi connectivity index (χ1v) is 46.3. The molecule has 0 amide bonds. The van der Waals surface area contributed by atoms with Crippen LogP contribution in [-0.4, -0.2) is 302 Å². The Labute approximate surface area is 570 Å². The molecule has 10 aliphatic rings. The highest BCUT2D eigenvalue weighted by atomic mass is 32.2. The summed E-state index contributed by atoms with van der Waals surface area (Å²) in [5, 5.41) is 0.0833. The Morgan fingerprint density at radius 2 is 0.848 bits per heavy atom. The first kappa shape index (κ1) is 90.3. The van der Waals surface area contributed by atoms with E-state index in [1.54, 1.807) is 71.1 Å². The van der Waals surface area contributed by atoms with Crippen LogP contribution in [0.4, 0.5) is 0 Å². The van der Waals surface area contributed by atoms with Crippen molar-refractivity contribution in [1.82, 2.24) is 0 Å². The Morgan fingerprint density at radius 1 is 0.370 bits per heavy atom. The second-order valence-electron chi connectivity index (χ2n) is 24.5. The molecule has 0 aromatic carbocycles. The number of rotatable bonds is 18. The molecule has 0 radical (unpaired) electrons. The topological polar surface area (TPSA) is 306 Å². The van der Waals surface area contributed by atoms with Crippen LogP contribution < -0.4 is 0 Å². The summed E-state index contributed by atoms with van der Waals surface area (Å²) in [6.45, 7) is 6.89. The van der Waals surface area contributed by atoms with Crippen LogP contribution in [0.1, 0.15) is 89.9 Å². The molecule has 92 heavy (non-hydrogen) atoms. The van der Waals surface area contributed by atoms with Gasteiger partial charge in [0.05, 0.1) is 96.5 Å². The normalized spacial score (nSPS) is 30.1. The zero-order valence-corrected chi connectivity index (χ0v) is 64.5. The molecule has 10 saturated heterocycles. The van der Waals surface area contributed by atoms with E-state index in [-0.39, 0.29) is 17.1 Å². The van der Waals surface area contributed by atoms with Crippen molar-refractivity contribution in [2.75, 3.05) is 229 Å². The minimum Gasteiger partial charge on any atom is -0.384 e. The highest BCUT2D eigenvalue weighted by Gasteiger charge is 2.33. The third kappa shape index (κ3) is 44.4. The van der Waals surface area contributed by atoms with E-state index in [1.165, 1.54) is 24.3 Å². The van der Waals surface area contributed by atoms with Crippen LogP contribution in [0.2, 0.25) is 0 Å². The standard InChI is InChI=1S/3C7H14O3S.3C7H14O2S.C5H10O3S.C5H10O2S.C4H8O2.C4H8OS/c1-10-6-7-2-4-11(8,9)5-3-7;1-10-5-7-3-2-4-11(8,9)6-7;1-10-6-7-4-2-3-5-11(7,8)9;1-9-6-7-2-4-10(8)5-3-7;1-9-5-7-3-2-4-10(8)6-7;1-9-6-7-4-2-3-5-10(7)8;1-8-2-5-3-9(6,7)4-5;1-7-2-5-3-8(6)4-5;2*1-5-4-2-6-3-4/h3*7H,2-6H2,1H3;3*7H,2-6H2,1H3;5H,2-4H2,1H3;5H,2-4H2,1H3;2*4H,2-3H2,1H3. The number of hydrogen-bond acceptors (Lipinski definition) is 24. The molecule has 10 fully saturated rings. The number of hydrogen-bond donors (Lipinski definition) is 0. The van der Waals surface area contributed by atoms with Crippen LogP contribution in [-0.2, 0) is 135 Å². The van der Waals surface area contributed by atoms with Gasteiger partial charge in [0.15, 0.2) is 29.5 Å². The molecule has 6 atom stereocenters. The van der Waals surface area contributed by atoms with Crippen molar-refractivity contribution in [3.8, 4) is 0 Å². The summed E-state index contributed by atoms with van der Waals surface area (Å²) in [5.41, 5.74) is 0. The van der Waals surface area contributed by atoms with Gasteiger partial charge in [0.25, 0.3) is 0 Å². The number of ether oxygens (including phenoxy) is 11. The van der Waals surface area contributed by atoms with Gasteiger partial charge in [-0.15, -0.1) is 0 Å². The van der Waals surface area contributed by atoms with Gasteiger partial charge in [0, 0.05) is 204 Å². The Hall–Kier alpha value is 0.310. The molecular formula is C60H120O23S9. The van der Waals surface area contributed by atoms with E-state index >= 15 is 0 Å². The van der Waals surface area contributed by atoms with Gasteiger partial charge in [0.2, 0.25) is 0 Å². The third-order valence-electron chi connectivity index (χ3n) is 16.2. The molecule has 0 aliphatic carbocycles. The number of thioether (sulfide) groups is 1. The van der Waals surface area contributed by atoms with Crippen molar-refractivity contribution in [2.24, 2.45) is 35.5 Å². The predicted molar refractivity (Wildman–Crippen MR) is 374 cm³/mol. The Bertz CT molecular complexity index is 2360. The first-order chi connectivity index (χ1) is 43.8. The van der Waals surface area contributed by atoms with Crippen LogP contribution >= 0.6 is 11.8 Å². The zero-order chi connectivity index (χ0) is 68.9. The molecule has 0 aromatic rings. The average Bonchev–Trinajstić information content (AvgIpc) is 1.16. The molecule has 0 N–H and O–H groups in total. The first-order valence-electron chi connectivity index (χ1n) is 32.1. The molecule has 6 unspecified atom stereocenters. The Balaban J connectivity index is 0.000000514. The maximum Gasteiger partial charge on any atom is 0.155 e. The van der Waals surface area contributed by atoms with Gasteiger partial charge in [-0.25, -0.2) is 33.7 Å². The molecule has 10 heterocycles. The number of sulfone groups is 4. The summed E-state index contributed by atoms with van der Waals surface area (Å²) in [7, 11) is 3.61. The molecular weight excluding hydrogens is 1380 g/mol. The van der Waals surface area contributed by atoms with E-state index < -0.39 is 82.5 Å². The molecule has 0 saturated carbocycles. The second kappa shape index (κ2) is 53.2. The van der Waals surface area contributed by atoms with Crippen molar-refractivity contribution < 1.29 is 103 Å². The minimum atomic E-state index is -2.81. The second-order valence-corrected chi connectivity index (χ2v) is 41.4. The fourth-order valence-electron chi connectivity index (χ4n) is 10.6. The molecule has 10 rings (SSSR count). The van der Waals surface area contributed by atoms with Crippen molar-refractivity contribution in [3.05, 3.63) is 0 Å². The third-order valence-corrected chi connectivity index (χ3v) is 31.7. The van der Waals surface area contributed by atoms with E-state index in [4.69, 9.17) is 52.1 Å². The van der Waals surface area contributed by atoms with Gasteiger partial charge >= 0.3 is 0 Å². The summed E-state index contributed by atoms with van der Waals surface area (Å²) in [6.07, 6.45) is 14.8. The quantitative estimate of drug-likeness (QED) is 0.182. The Kier molecular flexibility index (Phi) is 52.2. The van der Waals surface area contributed by atoms with Gasteiger partial charge in [-0.1, -0.05) is 12.8 Å².